The standard InChI is InChI=1S/C14H20N2O2S/c1-18-12-4-7-19-13(12)14(17)16-5-2-10-8-15-9-11(10)3-6-16/h4,7,10-11,15H,2-3,5-6,8-9H2,1H3/t10-,11+. The van der Waals surface area contributed by atoms with Crippen LogP contribution in [0.3, 0.4) is 0 Å². The van der Waals surface area contributed by atoms with E-state index >= 15 is 0 Å². The van der Waals surface area contributed by atoms with Crippen molar-refractivity contribution in [2.75, 3.05) is 33.3 Å². The molecule has 2 atom stereocenters. The summed E-state index contributed by atoms with van der Waals surface area (Å²) in [5.74, 6) is 2.35. The fourth-order valence-electron chi connectivity index (χ4n) is 3.18. The molecule has 3 heterocycles. The summed E-state index contributed by atoms with van der Waals surface area (Å²) in [6, 6.07) is 1.87. The minimum Gasteiger partial charge on any atom is -0.495 e. The van der Waals surface area contributed by atoms with Gasteiger partial charge in [0.25, 0.3) is 5.91 Å². The van der Waals surface area contributed by atoms with Crippen LogP contribution < -0.4 is 10.1 Å². The molecule has 2 fully saturated rings. The number of thiophene rings is 1. The molecule has 3 rings (SSSR count). The van der Waals surface area contributed by atoms with Crippen LogP contribution in [0.5, 0.6) is 5.75 Å². The number of amides is 1. The van der Waals surface area contributed by atoms with Gasteiger partial charge < -0.3 is 15.0 Å². The number of carbonyl (C=O) groups excluding carboxylic acids is 1. The van der Waals surface area contributed by atoms with Crippen LogP contribution >= 0.6 is 11.3 Å². The number of likely N-dealkylation sites (tertiary alicyclic amines) is 1. The lowest BCUT2D eigenvalue weighted by Crippen LogP contribution is -2.32. The minimum absolute atomic E-state index is 0.139. The van der Waals surface area contributed by atoms with E-state index in [9.17, 15) is 4.79 Å². The molecular weight excluding hydrogens is 260 g/mol. The lowest BCUT2D eigenvalue weighted by molar-refractivity contribution is 0.0760. The van der Waals surface area contributed by atoms with Crippen molar-refractivity contribution in [1.29, 1.82) is 0 Å². The summed E-state index contributed by atoms with van der Waals surface area (Å²) >= 11 is 1.48. The van der Waals surface area contributed by atoms with Gasteiger partial charge in [0.05, 0.1) is 7.11 Å². The molecule has 104 valence electrons. The van der Waals surface area contributed by atoms with Crippen LogP contribution in [0.2, 0.25) is 0 Å². The number of nitrogens with one attached hydrogen (secondary N) is 1. The number of rotatable bonds is 2. The summed E-state index contributed by atoms with van der Waals surface area (Å²) in [6.07, 6.45) is 2.24. The van der Waals surface area contributed by atoms with Crippen LogP contribution in [0.1, 0.15) is 22.5 Å². The van der Waals surface area contributed by atoms with E-state index in [0.717, 1.165) is 55.7 Å². The normalized spacial score (nSPS) is 26.9. The largest absolute Gasteiger partial charge is 0.495 e. The second-order valence-electron chi connectivity index (χ2n) is 5.37. The van der Waals surface area contributed by atoms with E-state index in [0.29, 0.717) is 5.75 Å². The predicted molar refractivity (Wildman–Crippen MR) is 75.9 cm³/mol. The van der Waals surface area contributed by atoms with Crippen molar-refractivity contribution in [2.45, 2.75) is 12.8 Å². The molecule has 1 aromatic heterocycles. The molecule has 2 saturated heterocycles. The van der Waals surface area contributed by atoms with Crippen molar-refractivity contribution in [3.8, 4) is 5.75 Å². The van der Waals surface area contributed by atoms with Crippen LogP contribution in [0.15, 0.2) is 11.4 Å². The molecule has 2 aliphatic heterocycles. The third kappa shape index (κ3) is 2.49. The van der Waals surface area contributed by atoms with E-state index in [1.807, 2.05) is 16.3 Å². The Labute approximate surface area is 117 Å². The molecule has 1 amide bonds. The Hall–Kier alpha value is -1.07. The second-order valence-corrected chi connectivity index (χ2v) is 6.28. The number of methoxy groups -OCH3 is 1. The molecule has 0 aromatic carbocycles. The number of nitrogens with zero attached hydrogens (tertiary/aromatic N) is 1. The maximum absolute atomic E-state index is 12.6. The van der Waals surface area contributed by atoms with E-state index in [1.54, 1.807) is 7.11 Å². The molecule has 0 saturated carbocycles. The first-order valence-electron chi connectivity index (χ1n) is 6.91. The second kappa shape index (κ2) is 5.51. The fraction of sp³-hybridized carbons (Fsp3) is 0.643. The number of fused-ring (bicyclic) bond motifs is 1. The van der Waals surface area contributed by atoms with E-state index in [-0.39, 0.29) is 5.91 Å². The van der Waals surface area contributed by atoms with Crippen molar-refractivity contribution >= 4 is 17.2 Å². The molecule has 0 radical (unpaired) electrons. The van der Waals surface area contributed by atoms with Crippen LogP contribution in [0.4, 0.5) is 0 Å². The van der Waals surface area contributed by atoms with Gasteiger partial charge in [0.15, 0.2) is 0 Å². The lowest BCUT2D eigenvalue weighted by atomic mass is 9.92. The van der Waals surface area contributed by atoms with Crippen LogP contribution in [0.25, 0.3) is 0 Å². The highest BCUT2D eigenvalue weighted by Gasteiger charge is 2.32. The Bertz CT molecular complexity index is 446. The highest BCUT2D eigenvalue weighted by Crippen LogP contribution is 2.30. The zero-order valence-electron chi connectivity index (χ0n) is 11.2. The van der Waals surface area contributed by atoms with Crippen LogP contribution in [-0.4, -0.2) is 44.1 Å². The average Bonchev–Trinajstić information content (AvgIpc) is 3.03. The van der Waals surface area contributed by atoms with E-state index < -0.39 is 0 Å². The highest BCUT2D eigenvalue weighted by molar-refractivity contribution is 7.12. The Morgan fingerprint density at radius 2 is 2.05 bits per heavy atom. The number of ether oxygens (including phenoxy) is 1. The van der Waals surface area contributed by atoms with Crippen molar-refractivity contribution in [1.82, 2.24) is 10.2 Å². The summed E-state index contributed by atoms with van der Waals surface area (Å²) in [7, 11) is 1.62. The van der Waals surface area contributed by atoms with Gasteiger partial charge >= 0.3 is 0 Å². The average molecular weight is 280 g/mol. The summed E-state index contributed by atoms with van der Waals surface area (Å²) in [4.78, 5) is 15.3. The van der Waals surface area contributed by atoms with Gasteiger partial charge in [0, 0.05) is 13.1 Å². The van der Waals surface area contributed by atoms with E-state index in [1.165, 1.54) is 11.3 Å². The van der Waals surface area contributed by atoms with Crippen molar-refractivity contribution in [2.24, 2.45) is 11.8 Å². The van der Waals surface area contributed by atoms with E-state index in [2.05, 4.69) is 5.32 Å². The summed E-state index contributed by atoms with van der Waals surface area (Å²) < 4.78 is 5.26. The van der Waals surface area contributed by atoms with E-state index in [4.69, 9.17) is 4.74 Å². The van der Waals surface area contributed by atoms with Gasteiger partial charge in [-0.2, -0.15) is 0 Å². The summed E-state index contributed by atoms with van der Waals surface area (Å²) in [6.45, 7) is 4.00. The predicted octanol–water partition coefficient (Wildman–Crippen LogP) is 1.83. The smallest absolute Gasteiger partial charge is 0.267 e. The molecule has 1 aromatic rings. The minimum atomic E-state index is 0.139. The van der Waals surface area contributed by atoms with Gasteiger partial charge in [-0.15, -0.1) is 11.3 Å². The molecule has 0 bridgehead atoms. The third-order valence-corrected chi connectivity index (χ3v) is 5.23. The number of hydrogen-bond acceptors (Lipinski definition) is 4. The van der Waals surface area contributed by atoms with Gasteiger partial charge in [-0.05, 0) is 49.2 Å². The Kier molecular flexibility index (Phi) is 3.75. The van der Waals surface area contributed by atoms with Crippen molar-refractivity contribution in [3.05, 3.63) is 16.3 Å². The molecular formula is C14H20N2O2S. The van der Waals surface area contributed by atoms with Gasteiger partial charge in [-0.3, -0.25) is 4.79 Å². The SMILES string of the molecule is COc1ccsc1C(=O)N1CC[C@@H]2CNC[C@@H]2CC1. The van der Waals surface area contributed by atoms with Crippen LogP contribution in [-0.2, 0) is 0 Å². The molecule has 0 spiro atoms. The Morgan fingerprint density at radius 3 is 2.68 bits per heavy atom. The molecule has 4 nitrogen and oxygen atoms in total. The third-order valence-electron chi connectivity index (χ3n) is 4.35. The topological polar surface area (TPSA) is 41.6 Å². The molecule has 0 aliphatic carbocycles. The first-order valence-corrected chi connectivity index (χ1v) is 7.79. The summed E-state index contributed by atoms with van der Waals surface area (Å²) in [5.41, 5.74) is 0. The maximum Gasteiger partial charge on any atom is 0.267 e. The fourth-order valence-corrected chi connectivity index (χ4v) is 4.00. The van der Waals surface area contributed by atoms with Gasteiger partial charge in [-0.1, -0.05) is 0 Å². The van der Waals surface area contributed by atoms with Crippen molar-refractivity contribution in [3.63, 3.8) is 0 Å². The number of carbonyl (C=O) groups is 1. The van der Waals surface area contributed by atoms with Crippen molar-refractivity contribution < 1.29 is 9.53 Å². The first-order chi connectivity index (χ1) is 9.29. The monoisotopic (exact) mass is 280 g/mol. The molecule has 5 heteroatoms. The Morgan fingerprint density at radius 1 is 1.37 bits per heavy atom. The zero-order chi connectivity index (χ0) is 13.2. The molecule has 2 aliphatic rings. The number of hydrogen-bond donors (Lipinski definition) is 1. The molecule has 19 heavy (non-hydrogen) atoms. The molecule has 1 N–H and O–H groups in total. The van der Waals surface area contributed by atoms with Gasteiger partial charge in [0.1, 0.15) is 10.6 Å². The maximum atomic E-state index is 12.6. The van der Waals surface area contributed by atoms with Gasteiger partial charge in [0.2, 0.25) is 0 Å². The first kappa shape index (κ1) is 12.9. The quantitative estimate of drug-likeness (QED) is 0.898. The molecule has 0 unspecified atom stereocenters. The van der Waals surface area contributed by atoms with Crippen LogP contribution in [0, 0.1) is 11.8 Å². The highest BCUT2D eigenvalue weighted by atomic mass is 32.1. The Balaban J connectivity index is 1.70. The lowest BCUT2D eigenvalue weighted by Gasteiger charge is -2.20. The summed E-state index contributed by atoms with van der Waals surface area (Å²) in [5, 5.41) is 5.38. The van der Waals surface area contributed by atoms with Gasteiger partial charge in [-0.25, -0.2) is 0 Å². The zero-order valence-corrected chi connectivity index (χ0v) is 12.0.